The maximum absolute atomic E-state index is 13.0. The lowest BCUT2D eigenvalue weighted by molar-refractivity contribution is -0.870. The quantitative estimate of drug-likeness (QED) is 0.0195. The van der Waals surface area contributed by atoms with Crippen molar-refractivity contribution in [3.8, 4) is 0 Å². The molecule has 0 fully saturated rings. The van der Waals surface area contributed by atoms with Gasteiger partial charge in [0.15, 0.2) is 12.4 Å². The second-order valence-electron chi connectivity index (χ2n) is 26.9. The molecule has 0 aliphatic carbocycles. The van der Waals surface area contributed by atoms with Crippen LogP contribution in [-0.4, -0.2) is 82.3 Å². The third-order valence-electron chi connectivity index (χ3n) is 17.1. The molecule has 0 spiro atoms. The second-order valence-corrected chi connectivity index (χ2v) is 26.9. The van der Waals surface area contributed by atoms with E-state index in [1.165, 1.54) is 283 Å². The summed E-state index contributed by atoms with van der Waals surface area (Å²) in [4.78, 5) is 37.6. The lowest BCUT2D eigenvalue weighted by Crippen LogP contribution is -2.44. The van der Waals surface area contributed by atoms with Crippen LogP contribution in [-0.2, 0) is 33.3 Å². The number of rotatable bonds is 71. The topological polar surface area (TPSA) is 111 Å². The van der Waals surface area contributed by atoms with Gasteiger partial charge in [-0.1, -0.05) is 358 Å². The fraction of sp³-hybridized carbons (Fsp3) is 0.859. The Morgan fingerprint density at radius 3 is 0.977 bits per heavy atom. The Bertz CT molecular complexity index is 1570. The van der Waals surface area contributed by atoms with Crippen LogP contribution in [0.2, 0.25) is 0 Å². The highest BCUT2D eigenvalue weighted by atomic mass is 16.7. The van der Waals surface area contributed by atoms with E-state index < -0.39 is 24.3 Å². The average Bonchev–Trinajstić information content (AvgIpc) is 3.59. The molecule has 0 aromatic carbocycles. The fourth-order valence-corrected chi connectivity index (χ4v) is 11.4. The van der Waals surface area contributed by atoms with E-state index in [4.69, 9.17) is 18.9 Å². The Balaban J connectivity index is 4.01. The third kappa shape index (κ3) is 70.6. The van der Waals surface area contributed by atoms with Gasteiger partial charge in [0.2, 0.25) is 0 Å². The molecule has 2 atom stereocenters. The zero-order chi connectivity index (χ0) is 63.3. The highest BCUT2D eigenvalue weighted by molar-refractivity contribution is 5.70. The Morgan fingerprint density at radius 2 is 0.655 bits per heavy atom. The smallest absolute Gasteiger partial charge is 0.306 e. The van der Waals surface area contributed by atoms with Crippen LogP contribution in [0.15, 0.2) is 48.6 Å². The van der Waals surface area contributed by atoms with Crippen molar-refractivity contribution in [2.24, 2.45) is 0 Å². The molecule has 0 aliphatic heterocycles. The molecular formula is C78H145NO8. The lowest BCUT2D eigenvalue weighted by atomic mass is 10.0. The number of nitrogens with zero attached hydrogens (tertiary/aromatic N) is 1. The van der Waals surface area contributed by atoms with Gasteiger partial charge in [-0.3, -0.25) is 9.59 Å². The Labute approximate surface area is 540 Å². The van der Waals surface area contributed by atoms with Crippen molar-refractivity contribution >= 4 is 17.9 Å². The number of hydrogen-bond donors (Lipinski definition) is 0. The van der Waals surface area contributed by atoms with Crippen molar-refractivity contribution in [3.63, 3.8) is 0 Å². The summed E-state index contributed by atoms with van der Waals surface area (Å²) >= 11 is 0. The first-order valence-corrected chi connectivity index (χ1v) is 37.8. The number of unbranched alkanes of at least 4 members (excludes halogenated alkanes) is 48. The zero-order valence-corrected chi connectivity index (χ0v) is 58.4. The summed E-state index contributed by atoms with van der Waals surface area (Å²) in [6.07, 6.45) is 86.5. The van der Waals surface area contributed by atoms with Gasteiger partial charge in [0.25, 0.3) is 0 Å². The van der Waals surface area contributed by atoms with Gasteiger partial charge in [0, 0.05) is 12.8 Å². The monoisotopic (exact) mass is 1220 g/mol. The molecule has 0 saturated carbocycles. The molecular weight excluding hydrogens is 1080 g/mol. The molecule has 9 nitrogen and oxygen atoms in total. The predicted molar refractivity (Wildman–Crippen MR) is 371 cm³/mol. The molecule has 2 unspecified atom stereocenters. The van der Waals surface area contributed by atoms with Crippen LogP contribution in [0.5, 0.6) is 0 Å². The van der Waals surface area contributed by atoms with Crippen LogP contribution >= 0.6 is 0 Å². The number of hydrogen-bond acceptors (Lipinski definition) is 8. The van der Waals surface area contributed by atoms with Crippen LogP contribution in [0.4, 0.5) is 0 Å². The second kappa shape index (κ2) is 69.1. The molecule has 0 saturated heterocycles. The van der Waals surface area contributed by atoms with Gasteiger partial charge in [-0.05, 0) is 51.4 Å². The number of quaternary nitrogens is 1. The molecule has 0 aromatic rings. The van der Waals surface area contributed by atoms with Gasteiger partial charge in [-0.25, -0.2) is 0 Å². The van der Waals surface area contributed by atoms with E-state index in [0.29, 0.717) is 17.4 Å². The number of carboxylic acids is 1. The minimum absolute atomic E-state index is 0.151. The molecule has 87 heavy (non-hydrogen) atoms. The van der Waals surface area contributed by atoms with Crippen molar-refractivity contribution in [2.45, 2.75) is 386 Å². The maximum atomic E-state index is 13.0. The molecule has 0 N–H and O–H groups in total. The third-order valence-corrected chi connectivity index (χ3v) is 17.1. The predicted octanol–water partition coefficient (Wildman–Crippen LogP) is 22.4. The van der Waals surface area contributed by atoms with Crippen LogP contribution in [0.25, 0.3) is 0 Å². The summed E-state index contributed by atoms with van der Waals surface area (Å²) in [5, 5.41) is 11.8. The van der Waals surface area contributed by atoms with E-state index in [2.05, 4.69) is 62.5 Å². The van der Waals surface area contributed by atoms with E-state index in [1.807, 2.05) is 21.1 Å². The highest BCUT2D eigenvalue weighted by Crippen LogP contribution is 2.19. The number of carbonyl (C=O) groups is 3. The van der Waals surface area contributed by atoms with Crippen LogP contribution < -0.4 is 5.11 Å². The minimum atomic E-state index is -1.62. The molecule has 0 radical (unpaired) electrons. The number of carboxylic acid groups (broad SMARTS) is 1. The van der Waals surface area contributed by atoms with E-state index >= 15 is 0 Å². The summed E-state index contributed by atoms with van der Waals surface area (Å²) in [7, 11) is 5.95. The van der Waals surface area contributed by atoms with Crippen LogP contribution in [0, 0.1) is 0 Å². The Hall–Kier alpha value is -2.75. The highest BCUT2D eigenvalue weighted by Gasteiger charge is 2.22. The van der Waals surface area contributed by atoms with Crippen molar-refractivity contribution < 1.29 is 42.9 Å². The standard InChI is InChI=1S/C78H145NO8/c1-6-8-10-12-14-16-18-20-22-24-26-28-30-32-34-36-37-38-39-41-43-45-47-49-51-53-55-57-59-61-63-65-67-69-76(81)87-74(73-86-78(77(82)83)84-71-70-79(3,4)5)72-85-75(80)68-66-64-62-60-58-56-54-52-50-48-46-44-42-40-35-33-31-29-27-25-23-21-19-17-15-13-11-9-7-2/h8,10,14,16,20,22,26,28,74,78H,6-7,9,11-13,15,17-19,21,23-25,27,29-73H2,1-5H3/b10-8-,16-14-,22-20-,28-26-. The van der Waals surface area contributed by atoms with Gasteiger partial charge in [-0.2, -0.15) is 0 Å². The number of ether oxygens (including phenoxy) is 4. The maximum Gasteiger partial charge on any atom is 0.306 e. The van der Waals surface area contributed by atoms with E-state index in [-0.39, 0.29) is 32.2 Å². The first-order valence-electron chi connectivity index (χ1n) is 37.8. The fourth-order valence-electron chi connectivity index (χ4n) is 11.4. The molecule has 0 aromatic heterocycles. The van der Waals surface area contributed by atoms with Crippen LogP contribution in [0.3, 0.4) is 0 Å². The summed E-state index contributed by atoms with van der Waals surface area (Å²) in [5.41, 5.74) is 0. The van der Waals surface area contributed by atoms with E-state index in [9.17, 15) is 19.5 Å². The van der Waals surface area contributed by atoms with Gasteiger partial charge in [-0.15, -0.1) is 0 Å². The van der Waals surface area contributed by atoms with Gasteiger partial charge >= 0.3 is 11.9 Å². The number of likely N-dealkylation sites (N-methyl/N-ethyl adjacent to an activating group) is 1. The normalized spacial score (nSPS) is 12.9. The van der Waals surface area contributed by atoms with Crippen molar-refractivity contribution in [2.75, 3.05) is 47.5 Å². The first kappa shape index (κ1) is 84.2. The first-order chi connectivity index (χ1) is 42.6. The number of aliphatic carboxylic acids is 1. The summed E-state index contributed by atoms with van der Waals surface area (Å²) < 4.78 is 22.9. The zero-order valence-electron chi connectivity index (χ0n) is 58.4. The molecule has 0 bridgehead atoms. The van der Waals surface area contributed by atoms with E-state index in [0.717, 1.165) is 64.2 Å². The van der Waals surface area contributed by atoms with Gasteiger partial charge in [0.1, 0.15) is 13.2 Å². The largest absolute Gasteiger partial charge is 0.545 e. The molecule has 0 aliphatic rings. The number of carbonyl (C=O) groups excluding carboxylic acids is 3. The SMILES string of the molecule is CC/C=C\C/C=C\C/C=C\C/C=C\CCCCCCCCCCCCCCCCCCCCCCC(=O)OC(COC(=O)CCCCCCCCCCCCCCCCCCCCCCCCCCCCCCC)COC(OCC[N+](C)(C)C)C(=O)[O-]. The van der Waals surface area contributed by atoms with Gasteiger partial charge < -0.3 is 33.3 Å². The molecule has 510 valence electrons. The molecule has 0 heterocycles. The summed E-state index contributed by atoms with van der Waals surface area (Å²) in [5.74, 6) is -2.25. The van der Waals surface area contributed by atoms with Crippen LogP contribution in [0.1, 0.15) is 373 Å². The van der Waals surface area contributed by atoms with E-state index in [1.54, 1.807) is 0 Å². The average molecular weight is 1230 g/mol. The van der Waals surface area contributed by atoms with Gasteiger partial charge in [0.05, 0.1) is 40.3 Å². The van der Waals surface area contributed by atoms with Crippen molar-refractivity contribution in [1.82, 2.24) is 0 Å². The molecule has 9 heteroatoms. The number of allylic oxidation sites excluding steroid dienone is 8. The molecule has 0 amide bonds. The lowest BCUT2D eigenvalue weighted by Gasteiger charge is -2.26. The minimum Gasteiger partial charge on any atom is -0.545 e. The summed E-state index contributed by atoms with van der Waals surface area (Å²) in [6.45, 7) is 4.71. The Morgan fingerprint density at radius 1 is 0.356 bits per heavy atom. The van der Waals surface area contributed by atoms with Crippen molar-refractivity contribution in [3.05, 3.63) is 48.6 Å². The Kier molecular flexibility index (Phi) is 67.0. The van der Waals surface area contributed by atoms with Crippen molar-refractivity contribution in [1.29, 1.82) is 0 Å². The summed E-state index contributed by atoms with van der Waals surface area (Å²) in [6, 6.07) is 0. The number of esters is 2. The molecule has 0 rings (SSSR count).